The molecule has 0 aromatic rings. The van der Waals surface area contributed by atoms with Crippen molar-refractivity contribution in [3.05, 3.63) is 0 Å². The van der Waals surface area contributed by atoms with Crippen molar-refractivity contribution in [1.82, 2.24) is 0 Å². The molecule has 4 aliphatic rings. The van der Waals surface area contributed by atoms with Crippen molar-refractivity contribution < 1.29 is 9.47 Å². The number of rotatable bonds is 6. The number of ether oxygens (including phenoxy) is 2. The van der Waals surface area contributed by atoms with Gasteiger partial charge in [0.05, 0.1) is 12.2 Å². The van der Waals surface area contributed by atoms with Crippen LogP contribution in [-0.4, -0.2) is 25.4 Å². The second-order valence-corrected chi connectivity index (χ2v) is 11.2. The van der Waals surface area contributed by atoms with Gasteiger partial charge in [-0.1, -0.05) is 34.6 Å². The molecule has 7 atom stereocenters. The maximum Gasteiger partial charge on any atom is 0.0684 e. The van der Waals surface area contributed by atoms with Gasteiger partial charge < -0.3 is 9.47 Å². The fraction of sp³-hybridized carbons (Fsp3) is 1.00. The fourth-order valence-electron chi connectivity index (χ4n) is 7.86. The van der Waals surface area contributed by atoms with E-state index in [2.05, 4.69) is 41.5 Å². The molecule has 7 unspecified atom stereocenters. The molecule has 2 heteroatoms. The zero-order valence-corrected chi connectivity index (χ0v) is 17.4. The summed E-state index contributed by atoms with van der Waals surface area (Å²) in [6, 6.07) is 0. The van der Waals surface area contributed by atoms with Crippen molar-refractivity contribution in [1.29, 1.82) is 0 Å². The van der Waals surface area contributed by atoms with Gasteiger partial charge in [0.1, 0.15) is 0 Å². The number of fused-ring (bicyclic) bond motifs is 4. The van der Waals surface area contributed by atoms with E-state index >= 15 is 0 Å². The van der Waals surface area contributed by atoms with E-state index in [1.54, 1.807) is 0 Å². The van der Waals surface area contributed by atoms with Gasteiger partial charge in [0.15, 0.2) is 0 Å². The lowest BCUT2D eigenvalue weighted by Gasteiger charge is -2.47. The van der Waals surface area contributed by atoms with Crippen molar-refractivity contribution in [3.63, 3.8) is 0 Å². The van der Waals surface area contributed by atoms with Crippen LogP contribution in [0.25, 0.3) is 0 Å². The molecule has 4 fully saturated rings. The van der Waals surface area contributed by atoms with Gasteiger partial charge in [-0.15, -0.1) is 0 Å². The molecule has 0 spiro atoms. The first kappa shape index (κ1) is 18.3. The molecule has 0 aromatic carbocycles. The lowest BCUT2D eigenvalue weighted by molar-refractivity contribution is -0.116. The molecular weight excluding hydrogens is 308 g/mol. The van der Waals surface area contributed by atoms with Crippen molar-refractivity contribution in [2.24, 2.45) is 39.9 Å². The number of hydrogen-bond acceptors (Lipinski definition) is 2. The van der Waals surface area contributed by atoms with Crippen molar-refractivity contribution in [2.75, 3.05) is 13.2 Å². The van der Waals surface area contributed by atoms with Crippen LogP contribution in [0.15, 0.2) is 0 Å². The summed E-state index contributed by atoms with van der Waals surface area (Å²) in [6.07, 6.45) is 9.17. The zero-order chi connectivity index (χ0) is 18.0. The van der Waals surface area contributed by atoms with E-state index in [0.717, 1.165) is 36.9 Å². The molecule has 0 radical (unpaired) electrons. The zero-order valence-electron chi connectivity index (χ0n) is 17.4. The highest BCUT2D eigenvalue weighted by molar-refractivity contribution is 5.13. The Bertz CT molecular complexity index is 510. The Labute approximate surface area is 155 Å². The van der Waals surface area contributed by atoms with Gasteiger partial charge in [-0.3, -0.25) is 0 Å². The first-order valence-electron chi connectivity index (χ1n) is 10.9. The van der Waals surface area contributed by atoms with Gasteiger partial charge in [0.25, 0.3) is 0 Å². The normalized spacial score (nSPS) is 49.2. The van der Waals surface area contributed by atoms with E-state index in [0.29, 0.717) is 28.5 Å². The van der Waals surface area contributed by atoms with Gasteiger partial charge in [0, 0.05) is 13.2 Å². The van der Waals surface area contributed by atoms with Crippen LogP contribution in [0.3, 0.4) is 0 Å². The third kappa shape index (κ3) is 2.57. The average Bonchev–Trinajstić information content (AvgIpc) is 3.22. The van der Waals surface area contributed by atoms with Crippen LogP contribution in [0.4, 0.5) is 0 Å². The Morgan fingerprint density at radius 1 is 0.880 bits per heavy atom. The van der Waals surface area contributed by atoms with E-state index in [-0.39, 0.29) is 0 Å². The lowest BCUT2D eigenvalue weighted by atomic mass is 9.64. The SMILES string of the molecule is CCOC1C(C)(C)C2CC(CCOC3C4CCC(C4)C3(C)C)C1(C)C2. The Hall–Kier alpha value is -0.0800. The predicted octanol–water partition coefficient (Wildman–Crippen LogP) is 5.70. The summed E-state index contributed by atoms with van der Waals surface area (Å²) >= 11 is 0. The molecule has 144 valence electrons. The Balaban J connectivity index is 1.37. The van der Waals surface area contributed by atoms with E-state index in [1.165, 1.54) is 38.5 Å². The van der Waals surface area contributed by atoms with Crippen LogP contribution in [0.2, 0.25) is 0 Å². The molecule has 4 bridgehead atoms. The van der Waals surface area contributed by atoms with Gasteiger partial charge in [-0.25, -0.2) is 0 Å². The van der Waals surface area contributed by atoms with E-state index in [1.807, 2.05) is 0 Å². The molecule has 2 nitrogen and oxygen atoms in total. The van der Waals surface area contributed by atoms with Gasteiger partial charge in [-0.05, 0) is 85.4 Å². The molecule has 0 heterocycles. The highest BCUT2D eigenvalue weighted by Crippen LogP contribution is 2.67. The van der Waals surface area contributed by atoms with Crippen LogP contribution < -0.4 is 0 Å². The van der Waals surface area contributed by atoms with E-state index in [9.17, 15) is 0 Å². The molecule has 0 N–H and O–H groups in total. The van der Waals surface area contributed by atoms with E-state index in [4.69, 9.17) is 9.47 Å². The van der Waals surface area contributed by atoms with Gasteiger partial charge in [0.2, 0.25) is 0 Å². The average molecular weight is 349 g/mol. The van der Waals surface area contributed by atoms with Crippen LogP contribution >= 0.6 is 0 Å². The third-order valence-electron chi connectivity index (χ3n) is 9.30. The second kappa shape index (κ2) is 5.96. The van der Waals surface area contributed by atoms with Gasteiger partial charge in [-0.2, -0.15) is 0 Å². The fourth-order valence-corrected chi connectivity index (χ4v) is 7.86. The minimum Gasteiger partial charge on any atom is -0.377 e. The smallest absolute Gasteiger partial charge is 0.0684 e. The lowest BCUT2D eigenvalue weighted by Crippen LogP contribution is -2.47. The molecule has 4 aliphatic carbocycles. The highest BCUT2D eigenvalue weighted by atomic mass is 16.5. The van der Waals surface area contributed by atoms with Crippen molar-refractivity contribution in [2.45, 2.75) is 92.3 Å². The van der Waals surface area contributed by atoms with Crippen LogP contribution in [0.1, 0.15) is 80.1 Å². The van der Waals surface area contributed by atoms with Crippen LogP contribution in [0, 0.1) is 39.9 Å². The molecule has 0 amide bonds. The molecule has 4 rings (SSSR count). The van der Waals surface area contributed by atoms with Crippen LogP contribution in [0.5, 0.6) is 0 Å². The van der Waals surface area contributed by atoms with Crippen molar-refractivity contribution >= 4 is 0 Å². The standard InChI is InChI=1S/C23H40O2/c1-7-24-20-22(4,5)18-13-17(23(20,6)14-18)10-11-25-19-15-8-9-16(12-15)21(19,2)3/h15-20H,7-14H2,1-6H3. The summed E-state index contributed by atoms with van der Waals surface area (Å²) in [7, 11) is 0. The minimum absolute atomic E-state index is 0.342. The quantitative estimate of drug-likeness (QED) is 0.613. The highest BCUT2D eigenvalue weighted by Gasteiger charge is 2.64. The molecule has 0 aliphatic heterocycles. The Kier molecular flexibility index (Phi) is 4.36. The molecule has 0 saturated heterocycles. The third-order valence-corrected chi connectivity index (χ3v) is 9.30. The van der Waals surface area contributed by atoms with Crippen LogP contribution in [-0.2, 0) is 9.47 Å². The second-order valence-electron chi connectivity index (χ2n) is 11.2. The molecule has 25 heavy (non-hydrogen) atoms. The first-order chi connectivity index (χ1) is 11.7. The molecular formula is C23H40O2. The van der Waals surface area contributed by atoms with Crippen molar-refractivity contribution in [3.8, 4) is 0 Å². The summed E-state index contributed by atoms with van der Waals surface area (Å²) in [5.41, 5.74) is 1.10. The topological polar surface area (TPSA) is 18.5 Å². The maximum absolute atomic E-state index is 6.57. The molecule has 4 saturated carbocycles. The summed E-state index contributed by atoms with van der Waals surface area (Å²) in [4.78, 5) is 0. The number of hydrogen-bond donors (Lipinski definition) is 0. The largest absolute Gasteiger partial charge is 0.377 e. The minimum atomic E-state index is 0.342. The van der Waals surface area contributed by atoms with Gasteiger partial charge >= 0.3 is 0 Å². The summed E-state index contributed by atoms with van der Waals surface area (Å²) in [5, 5.41) is 0. The Morgan fingerprint density at radius 3 is 2.24 bits per heavy atom. The Morgan fingerprint density at radius 2 is 1.64 bits per heavy atom. The summed E-state index contributed by atoms with van der Waals surface area (Å²) in [5.74, 6) is 3.36. The summed E-state index contributed by atoms with van der Waals surface area (Å²) in [6.45, 7) is 16.3. The summed E-state index contributed by atoms with van der Waals surface area (Å²) < 4.78 is 12.9. The monoisotopic (exact) mass is 348 g/mol. The van der Waals surface area contributed by atoms with E-state index < -0.39 is 0 Å². The first-order valence-corrected chi connectivity index (χ1v) is 10.9. The predicted molar refractivity (Wildman–Crippen MR) is 102 cm³/mol. The maximum atomic E-state index is 6.57. The molecule has 0 aromatic heterocycles.